The predicted octanol–water partition coefficient (Wildman–Crippen LogP) is 2.69. The molecule has 0 aliphatic carbocycles. The van der Waals surface area contributed by atoms with Crippen LogP contribution in [0.15, 0.2) is 11.2 Å². The number of hydrogen-bond acceptors (Lipinski definition) is 5. The van der Waals surface area contributed by atoms with Crippen molar-refractivity contribution in [3.05, 3.63) is 11.2 Å². The first kappa shape index (κ1) is 13.5. The van der Waals surface area contributed by atoms with Gasteiger partial charge < -0.3 is 10.1 Å². The van der Waals surface area contributed by atoms with Crippen molar-refractivity contribution in [2.24, 2.45) is 0 Å². The Kier molecular flexibility index (Phi) is 6.52. The minimum atomic E-state index is 0.586. The molecule has 6 heteroatoms. The third kappa shape index (κ3) is 4.55. The highest BCUT2D eigenvalue weighted by molar-refractivity contribution is 7.99. The van der Waals surface area contributed by atoms with Gasteiger partial charge in [-0.05, 0) is 6.42 Å². The maximum absolute atomic E-state index is 5.99. The van der Waals surface area contributed by atoms with Gasteiger partial charge in [-0.3, -0.25) is 0 Å². The Morgan fingerprint density at radius 2 is 2.38 bits per heavy atom. The first-order valence-electron chi connectivity index (χ1n) is 5.16. The second kappa shape index (κ2) is 7.70. The lowest BCUT2D eigenvalue weighted by Gasteiger charge is -2.06. The van der Waals surface area contributed by atoms with Gasteiger partial charge in [-0.2, -0.15) is 0 Å². The second-order valence-corrected chi connectivity index (χ2v) is 4.61. The fourth-order valence-electron chi connectivity index (χ4n) is 0.996. The summed E-state index contributed by atoms with van der Waals surface area (Å²) < 4.78 is 4.98. The van der Waals surface area contributed by atoms with Crippen molar-refractivity contribution in [3.8, 4) is 0 Å². The Morgan fingerprint density at radius 3 is 3.06 bits per heavy atom. The molecule has 0 bridgehead atoms. The van der Waals surface area contributed by atoms with E-state index >= 15 is 0 Å². The van der Waals surface area contributed by atoms with Gasteiger partial charge in [0.25, 0.3) is 0 Å². The number of ether oxygens (including phenoxy) is 1. The molecule has 0 atom stereocenters. The highest BCUT2D eigenvalue weighted by Crippen LogP contribution is 2.24. The second-order valence-electron chi connectivity index (χ2n) is 3.11. The summed E-state index contributed by atoms with van der Waals surface area (Å²) in [7, 11) is 1.68. The molecule has 0 unspecified atom stereocenters. The van der Waals surface area contributed by atoms with Gasteiger partial charge in [0.1, 0.15) is 5.03 Å². The number of aromatic nitrogens is 2. The van der Waals surface area contributed by atoms with E-state index in [2.05, 4.69) is 22.2 Å². The zero-order valence-corrected chi connectivity index (χ0v) is 11.1. The Morgan fingerprint density at radius 1 is 1.56 bits per heavy atom. The summed E-state index contributed by atoms with van der Waals surface area (Å²) in [5.41, 5.74) is 0. The molecule has 0 spiro atoms. The van der Waals surface area contributed by atoms with Crippen LogP contribution < -0.4 is 5.32 Å². The fourth-order valence-corrected chi connectivity index (χ4v) is 2.04. The Bertz CT molecular complexity index is 325. The smallest absolute Gasteiger partial charge is 0.223 e. The lowest BCUT2D eigenvalue weighted by Crippen LogP contribution is -2.05. The highest BCUT2D eigenvalue weighted by atomic mass is 35.5. The summed E-state index contributed by atoms with van der Waals surface area (Å²) >= 11 is 7.57. The predicted molar refractivity (Wildman–Crippen MR) is 68.4 cm³/mol. The molecule has 1 rings (SSSR count). The molecule has 0 amide bonds. The summed E-state index contributed by atoms with van der Waals surface area (Å²) in [6.45, 7) is 3.64. The van der Waals surface area contributed by atoms with Crippen LogP contribution in [-0.2, 0) is 4.74 Å². The van der Waals surface area contributed by atoms with E-state index in [1.165, 1.54) is 0 Å². The van der Waals surface area contributed by atoms with E-state index in [0.29, 0.717) is 17.6 Å². The lowest BCUT2D eigenvalue weighted by atomic mass is 10.5. The third-order valence-electron chi connectivity index (χ3n) is 1.77. The van der Waals surface area contributed by atoms with Crippen LogP contribution in [0.2, 0.25) is 5.02 Å². The molecule has 0 saturated carbocycles. The number of hydrogen-bond donors (Lipinski definition) is 1. The SMILES string of the molecule is CCCNc1ncc(Cl)c(SCCOC)n1. The molecule has 0 radical (unpaired) electrons. The van der Waals surface area contributed by atoms with Crippen LogP contribution in [0.3, 0.4) is 0 Å². The zero-order chi connectivity index (χ0) is 11.8. The fraction of sp³-hybridized carbons (Fsp3) is 0.600. The molecular weight excluding hydrogens is 246 g/mol. The van der Waals surface area contributed by atoms with Gasteiger partial charge in [-0.25, -0.2) is 9.97 Å². The van der Waals surface area contributed by atoms with Crippen LogP contribution in [0, 0.1) is 0 Å². The Labute approximate surface area is 105 Å². The summed E-state index contributed by atoms with van der Waals surface area (Å²) in [4.78, 5) is 8.44. The van der Waals surface area contributed by atoms with Gasteiger partial charge in [0.15, 0.2) is 0 Å². The third-order valence-corrected chi connectivity index (χ3v) is 3.12. The molecule has 0 aromatic carbocycles. The van der Waals surface area contributed by atoms with Crippen molar-refractivity contribution in [2.75, 3.05) is 31.3 Å². The van der Waals surface area contributed by atoms with Crippen LogP contribution in [-0.4, -0.2) is 36.0 Å². The highest BCUT2D eigenvalue weighted by Gasteiger charge is 2.05. The molecule has 0 aliphatic heterocycles. The van der Waals surface area contributed by atoms with Crippen LogP contribution >= 0.6 is 23.4 Å². The molecule has 16 heavy (non-hydrogen) atoms. The van der Waals surface area contributed by atoms with Gasteiger partial charge in [-0.15, -0.1) is 11.8 Å². The number of nitrogens with zero attached hydrogens (tertiary/aromatic N) is 2. The van der Waals surface area contributed by atoms with Gasteiger partial charge >= 0.3 is 0 Å². The number of methoxy groups -OCH3 is 1. The zero-order valence-electron chi connectivity index (χ0n) is 9.49. The maximum atomic E-state index is 5.99. The quantitative estimate of drug-likeness (QED) is 0.465. The number of anilines is 1. The van der Waals surface area contributed by atoms with E-state index in [0.717, 1.165) is 23.7 Å². The first-order valence-corrected chi connectivity index (χ1v) is 6.52. The standard InChI is InChI=1S/C10H16ClN3OS/c1-3-4-12-10-13-7-8(11)9(14-10)16-6-5-15-2/h7H,3-6H2,1-2H3,(H,12,13,14). The minimum absolute atomic E-state index is 0.586. The summed E-state index contributed by atoms with van der Waals surface area (Å²) in [5.74, 6) is 1.46. The summed E-state index contributed by atoms with van der Waals surface area (Å²) in [5, 5.41) is 4.51. The lowest BCUT2D eigenvalue weighted by molar-refractivity contribution is 0.218. The van der Waals surface area contributed by atoms with Crippen molar-refractivity contribution in [2.45, 2.75) is 18.4 Å². The van der Waals surface area contributed by atoms with Crippen LogP contribution in [0.25, 0.3) is 0 Å². The average Bonchev–Trinajstić information content (AvgIpc) is 2.30. The maximum Gasteiger partial charge on any atom is 0.223 e. The molecule has 1 aromatic heterocycles. The summed E-state index contributed by atoms with van der Waals surface area (Å²) in [6.07, 6.45) is 2.67. The average molecular weight is 262 g/mol. The molecule has 0 aliphatic rings. The van der Waals surface area contributed by atoms with Gasteiger partial charge in [-0.1, -0.05) is 18.5 Å². The van der Waals surface area contributed by atoms with Crippen molar-refractivity contribution in [1.29, 1.82) is 0 Å². The van der Waals surface area contributed by atoms with Crippen LogP contribution in [0.4, 0.5) is 5.95 Å². The van der Waals surface area contributed by atoms with E-state index in [-0.39, 0.29) is 0 Å². The van der Waals surface area contributed by atoms with Gasteiger partial charge in [0.2, 0.25) is 5.95 Å². The van der Waals surface area contributed by atoms with Gasteiger partial charge in [0.05, 0.1) is 17.8 Å². The molecule has 0 fully saturated rings. The molecule has 90 valence electrons. The molecule has 1 heterocycles. The Hall–Kier alpha value is -0.520. The number of halogens is 1. The largest absolute Gasteiger partial charge is 0.384 e. The summed E-state index contributed by atoms with van der Waals surface area (Å²) in [6, 6.07) is 0. The van der Waals surface area contributed by atoms with E-state index in [1.54, 1.807) is 25.1 Å². The van der Waals surface area contributed by atoms with E-state index < -0.39 is 0 Å². The topological polar surface area (TPSA) is 47.0 Å². The minimum Gasteiger partial charge on any atom is -0.384 e. The molecule has 4 nitrogen and oxygen atoms in total. The normalized spacial score (nSPS) is 10.4. The van der Waals surface area contributed by atoms with Crippen molar-refractivity contribution in [1.82, 2.24) is 9.97 Å². The number of thioether (sulfide) groups is 1. The van der Waals surface area contributed by atoms with Crippen molar-refractivity contribution < 1.29 is 4.74 Å². The number of nitrogens with one attached hydrogen (secondary N) is 1. The van der Waals surface area contributed by atoms with E-state index in [9.17, 15) is 0 Å². The molecule has 0 saturated heterocycles. The van der Waals surface area contributed by atoms with Crippen LogP contribution in [0.1, 0.15) is 13.3 Å². The van der Waals surface area contributed by atoms with Crippen molar-refractivity contribution >= 4 is 29.3 Å². The Balaban J connectivity index is 2.59. The van der Waals surface area contributed by atoms with E-state index in [1.807, 2.05) is 0 Å². The molecular formula is C10H16ClN3OS. The number of rotatable bonds is 7. The van der Waals surface area contributed by atoms with Gasteiger partial charge in [0, 0.05) is 19.4 Å². The molecule has 1 N–H and O–H groups in total. The first-order chi connectivity index (χ1) is 7.77. The van der Waals surface area contributed by atoms with Crippen LogP contribution in [0.5, 0.6) is 0 Å². The van der Waals surface area contributed by atoms with E-state index in [4.69, 9.17) is 16.3 Å². The monoisotopic (exact) mass is 261 g/mol. The van der Waals surface area contributed by atoms with Crippen molar-refractivity contribution in [3.63, 3.8) is 0 Å². The molecule has 1 aromatic rings.